The molecule has 142 valence electrons. The van der Waals surface area contributed by atoms with Gasteiger partial charge in [-0.05, 0) is 45.2 Å². The average molecular weight is 356 g/mol. The second-order valence-electron chi connectivity index (χ2n) is 7.87. The number of nitrogens with one attached hydrogen (secondary N) is 2. The fourth-order valence-corrected chi connectivity index (χ4v) is 2.71. The van der Waals surface area contributed by atoms with Crippen LogP contribution in [0.25, 0.3) is 0 Å². The second kappa shape index (κ2) is 8.99. The van der Waals surface area contributed by atoms with Gasteiger partial charge in [-0.25, -0.2) is 4.98 Å². The van der Waals surface area contributed by atoms with Gasteiger partial charge in [0.1, 0.15) is 5.82 Å². The first-order chi connectivity index (χ1) is 12.3. The van der Waals surface area contributed by atoms with E-state index in [1.165, 1.54) is 11.1 Å². The molecule has 2 aromatic rings. The Balaban J connectivity index is 2.12. The van der Waals surface area contributed by atoms with Crippen LogP contribution in [-0.4, -0.2) is 22.1 Å². The normalized spacial score (nSPS) is 11.6. The lowest BCUT2D eigenvalue weighted by Crippen LogP contribution is -2.35. The Hall–Kier alpha value is -2.14. The van der Waals surface area contributed by atoms with Gasteiger partial charge in [0.05, 0.1) is 0 Å². The van der Waals surface area contributed by atoms with Crippen molar-refractivity contribution in [3.05, 3.63) is 46.6 Å². The summed E-state index contributed by atoms with van der Waals surface area (Å²) in [5.74, 6) is 1.19. The van der Waals surface area contributed by atoms with Gasteiger partial charge in [-0.1, -0.05) is 37.6 Å². The molecular formula is C21H33N5. The van der Waals surface area contributed by atoms with Gasteiger partial charge in [0.2, 0.25) is 5.95 Å². The lowest BCUT2D eigenvalue weighted by atomic mass is 10.0. The number of rotatable bonds is 8. The smallest absolute Gasteiger partial charge is 0.222 e. The zero-order chi connectivity index (χ0) is 19.2. The second-order valence-corrected chi connectivity index (χ2v) is 7.87. The number of nitrogens with two attached hydrogens (primary N) is 1. The van der Waals surface area contributed by atoms with E-state index in [1.54, 1.807) is 0 Å². The standard InChI is InChI=1S/C21H33N5/c1-6-7-12-23-19-18(15(2)25-20(22)26-19)13-16-8-10-17(11-9-16)14-24-21(3,4)5/h8-11,24H,6-7,12-14H2,1-5H3,(H3,22,23,25,26). The van der Waals surface area contributed by atoms with Crippen molar-refractivity contribution in [1.29, 1.82) is 0 Å². The number of anilines is 2. The van der Waals surface area contributed by atoms with Crippen molar-refractivity contribution in [3.63, 3.8) is 0 Å². The maximum absolute atomic E-state index is 5.85. The van der Waals surface area contributed by atoms with Crippen molar-refractivity contribution < 1.29 is 0 Å². The van der Waals surface area contributed by atoms with Crippen LogP contribution in [0, 0.1) is 6.92 Å². The molecule has 0 amide bonds. The summed E-state index contributed by atoms with van der Waals surface area (Å²) in [6.07, 6.45) is 3.05. The van der Waals surface area contributed by atoms with Crippen molar-refractivity contribution >= 4 is 11.8 Å². The molecule has 0 saturated carbocycles. The molecule has 1 aromatic carbocycles. The summed E-state index contributed by atoms with van der Waals surface area (Å²) < 4.78 is 0. The molecule has 2 rings (SSSR count). The largest absolute Gasteiger partial charge is 0.370 e. The maximum Gasteiger partial charge on any atom is 0.222 e. The highest BCUT2D eigenvalue weighted by Crippen LogP contribution is 2.22. The third kappa shape index (κ3) is 6.30. The van der Waals surface area contributed by atoms with Crippen molar-refractivity contribution in [2.75, 3.05) is 17.6 Å². The minimum absolute atomic E-state index is 0.121. The molecule has 5 heteroatoms. The first-order valence-corrected chi connectivity index (χ1v) is 9.48. The average Bonchev–Trinajstić information content (AvgIpc) is 2.56. The number of hydrogen-bond donors (Lipinski definition) is 3. The number of nitrogens with zero attached hydrogens (tertiary/aromatic N) is 2. The Morgan fingerprint density at radius 2 is 1.69 bits per heavy atom. The molecular weight excluding hydrogens is 322 g/mol. The lowest BCUT2D eigenvalue weighted by molar-refractivity contribution is 0.424. The molecule has 0 bridgehead atoms. The summed E-state index contributed by atoms with van der Waals surface area (Å²) in [7, 11) is 0. The number of aromatic nitrogens is 2. The summed E-state index contributed by atoms with van der Waals surface area (Å²) >= 11 is 0. The van der Waals surface area contributed by atoms with E-state index in [9.17, 15) is 0 Å². The fraction of sp³-hybridized carbons (Fsp3) is 0.524. The van der Waals surface area contributed by atoms with Gasteiger partial charge in [-0.15, -0.1) is 0 Å². The van der Waals surface area contributed by atoms with Crippen LogP contribution in [-0.2, 0) is 13.0 Å². The van der Waals surface area contributed by atoms with Gasteiger partial charge < -0.3 is 16.4 Å². The van der Waals surface area contributed by atoms with Crippen LogP contribution in [0.5, 0.6) is 0 Å². The summed E-state index contributed by atoms with van der Waals surface area (Å²) in [6, 6.07) is 8.74. The highest BCUT2D eigenvalue weighted by molar-refractivity contribution is 5.51. The lowest BCUT2D eigenvalue weighted by Gasteiger charge is -2.20. The summed E-state index contributed by atoms with van der Waals surface area (Å²) in [6.45, 7) is 12.5. The fourth-order valence-electron chi connectivity index (χ4n) is 2.71. The molecule has 0 atom stereocenters. The predicted molar refractivity (Wildman–Crippen MR) is 110 cm³/mol. The zero-order valence-electron chi connectivity index (χ0n) is 16.8. The Morgan fingerprint density at radius 1 is 1.04 bits per heavy atom. The van der Waals surface area contributed by atoms with Crippen LogP contribution >= 0.6 is 0 Å². The van der Waals surface area contributed by atoms with Crippen molar-refractivity contribution in [2.45, 2.75) is 66.0 Å². The number of hydrogen-bond acceptors (Lipinski definition) is 5. The minimum Gasteiger partial charge on any atom is -0.370 e. The molecule has 26 heavy (non-hydrogen) atoms. The van der Waals surface area contributed by atoms with E-state index in [-0.39, 0.29) is 5.54 Å². The molecule has 0 spiro atoms. The van der Waals surface area contributed by atoms with E-state index in [0.717, 1.165) is 49.4 Å². The van der Waals surface area contributed by atoms with Crippen LogP contribution in [0.3, 0.4) is 0 Å². The first-order valence-electron chi connectivity index (χ1n) is 9.48. The Bertz CT molecular complexity index is 702. The molecule has 1 heterocycles. The molecule has 0 aliphatic heterocycles. The maximum atomic E-state index is 5.85. The highest BCUT2D eigenvalue weighted by Gasteiger charge is 2.12. The Kier molecular flexibility index (Phi) is 6.98. The molecule has 0 fully saturated rings. The molecule has 4 N–H and O–H groups in total. The van der Waals surface area contributed by atoms with Gasteiger partial charge in [0.25, 0.3) is 0 Å². The van der Waals surface area contributed by atoms with E-state index in [1.807, 2.05) is 6.92 Å². The van der Waals surface area contributed by atoms with E-state index < -0.39 is 0 Å². The topological polar surface area (TPSA) is 75.9 Å². The summed E-state index contributed by atoms with van der Waals surface area (Å²) in [4.78, 5) is 8.77. The third-order valence-electron chi connectivity index (χ3n) is 4.28. The molecule has 0 saturated heterocycles. The van der Waals surface area contributed by atoms with Gasteiger partial charge in [-0.2, -0.15) is 4.98 Å². The van der Waals surface area contributed by atoms with E-state index in [4.69, 9.17) is 5.73 Å². The van der Waals surface area contributed by atoms with E-state index in [0.29, 0.717) is 5.95 Å². The van der Waals surface area contributed by atoms with Crippen LogP contribution in [0.15, 0.2) is 24.3 Å². The van der Waals surface area contributed by atoms with Gasteiger partial charge in [0, 0.05) is 36.3 Å². The van der Waals surface area contributed by atoms with Gasteiger partial charge in [-0.3, -0.25) is 0 Å². The molecule has 5 nitrogen and oxygen atoms in total. The summed E-state index contributed by atoms with van der Waals surface area (Å²) in [5, 5.41) is 6.94. The minimum atomic E-state index is 0.121. The number of aryl methyl sites for hydroxylation is 1. The van der Waals surface area contributed by atoms with Gasteiger partial charge in [0.15, 0.2) is 0 Å². The van der Waals surface area contributed by atoms with E-state index >= 15 is 0 Å². The van der Waals surface area contributed by atoms with Crippen LogP contribution < -0.4 is 16.4 Å². The predicted octanol–water partition coefficient (Wildman–Crippen LogP) is 4.06. The van der Waals surface area contributed by atoms with Crippen LogP contribution in [0.1, 0.15) is 62.9 Å². The molecule has 0 aliphatic rings. The van der Waals surface area contributed by atoms with Crippen molar-refractivity contribution in [3.8, 4) is 0 Å². The number of benzene rings is 1. The summed E-state index contributed by atoms with van der Waals surface area (Å²) in [5.41, 5.74) is 10.6. The third-order valence-corrected chi connectivity index (χ3v) is 4.28. The number of unbranched alkanes of at least 4 members (excludes halogenated alkanes) is 1. The molecule has 0 aliphatic carbocycles. The van der Waals surface area contributed by atoms with Gasteiger partial charge >= 0.3 is 0 Å². The van der Waals surface area contributed by atoms with Crippen LogP contribution in [0.2, 0.25) is 0 Å². The van der Waals surface area contributed by atoms with Crippen LogP contribution in [0.4, 0.5) is 11.8 Å². The SMILES string of the molecule is CCCCNc1nc(N)nc(C)c1Cc1ccc(CNC(C)(C)C)cc1. The monoisotopic (exact) mass is 355 g/mol. The quantitative estimate of drug-likeness (QED) is 0.623. The van der Waals surface area contributed by atoms with E-state index in [2.05, 4.69) is 72.6 Å². The first kappa shape index (κ1) is 20.2. The Labute approximate surface area is 157 Å². The highest BCUT2D eigenvalue weighted by atomic mass is 15.1. The van der Waals surface area contributed by atoms with Crippen molar-refractivity contribution in [2.24, 2.45) is 0 Å². The number of nitrogen functional groups attached to an aromatic ring is 1. The van der Waals surface area contributed by atoms with Crippen molar-refractivity contribution in [1.82, 2.24) is 15.3 Å². The molecule has 1 aromatic heterocycles. The zero-order valence-corrected chi connectivity index (χ0v) is 16.8. The Morgan fingerprint density at radius 3 is 2.31 bits per heavy atom. The molecule has 0 radical (unpaired) electrons. The molecule has 0 unspecified atom stereocenters.